The van der Waals surface area contributed by atoms with Gasteiger partial charge in [0.15, 0.2) is 4.77 Å². The zero-order valence-electron chi connectivity index (χ0n) is 10.4. The van der Waals surface area contributed by atoms with Gasteiger partial charge < -0.3 is 9.55 Å². The molecule has 0 saturated carbocycles. The van der Waals surface area contributed by atoms with Crippen LogP contribution in [0.4, 0.5) is 0 Å². The second-order valence-electron chi connectivity index (χ2n) is 4.42. The summed E-state index contributed by atoms with van der Waals surface area (Å²) in [6.45, 7) is 2.66. The molecule has 0 saturated heterocycles. The molecule has 0 aliphatic rings. The number of aryl methyl sites for hydroxylation is 1. The fourth-order valence-corrected chi connectivity index (χ4v) is 2.70. The van der Waals surface area contributed by atoms with Crippen LogP contribution >= 0.6 is 23.8 Å². The molecule has 0 atom stereocenters. The molecule has 2 heterocycles. The summed E-state index contributed by atoms with van der Waals surface area (Å²) in [7, 11) is 0. The first-order valence-corrected chi connectivity index (χ1v) is 6.73. The first-order valence-electron chi connectivity index (χ1n) is 5.94. The zero-order valence-corrected chi connectivity index (χ0v) is 11.9. The molecule has 2 aromatic heterocycles. The van der Waals surface area contributed by atoms with Crippen LogP contribution in [-0.4, -0.2) is 14.5 Å². The summed E-state index contributed by atoms with van der Waals surface area (Å²) in [6.07, 6.45) is 1.79. The lowest BCUT2D eigenvalue weighted by Crippen LogP contribution is -2.03. The average Bonchev–Trinajstić information content (AvgIpc) is 2.70. The van der Waals surface area contributed by atoms with Crippen molar-refractivity contribution in [3.05, 3.63) is 57.6 Å². The molecule has 0 aliphatic heterocycles. The third-order valence-electron chi connectivity index (χ3n) is 3.17. The highest BCUT2D eigenvalue weighted by atomic mass is 35.5. The molecule has 3 nitrogen and oxygen atoms in total. The average molecular weight is 290 g/mol. The molecule has 0 amide bonds. The highest BCUT2D eigenvalue weighted by Crippen LogP contribution is 2.24. The molecule has 0 bridgehead atoms. The second kappa shape index (κ2) is 4.79. The van der Waals surface area contributed by atoms with Gasteiger partial charge in [-0.05, 0) is 42.9 Å². The van der Waals surface area contributed by atoms with Crippen LogP contribution in [-0.2, 0) is 6.54 Å². The third-order valence-corrected chi connectivity index (χ3v) is 3.80. The van der Waals surface area contributed by atoms with E-state index >= 15 is 0 Å². The summed E-state index contributed by atoms with van der Waals surface area (Å²) in [5.41, 5.74) is 4.02. The van der Waals surface area contributed by atoms with E-state index in [9.17, 15) is 0 Å². The Balaban J connectivity index is 2.19. The molecule has 5 heteroatoms. The van der Waals surface area contributed by atoms with Crippen LogP contribution in [0.5, 0.6) is 0 Å². The van der Waals surface area contributed by atoms with E-state index in [4.69, 9.17) is 23.8 Å². The molecule has 1 N–H and O–H groups in total. The van der Waals surface area contributed by atoms with Crippen molar-refractivity contribution in [3.63, 3.8) is 0 Å². The minimum Gasteiger partial charge on any atom is -0.331 e. The van der Waals surface area contributed by atoms with E-state index < -0.39 is 0 Å². The van der Waals surface area contributed by atoms with Gasteiger partial charge in [-0.15, -0.1) is 0 Å². The van der Waals surface area contributed by atoms with Crippen LogP contribution in [0.2, 0.25) is 5.02 Å². The van der Waals surface area contributed by atoms with Crippen molar-refractivity contribution < 1.29 is 0 Å². The number of halogens is 1. The summed E-state index contributed by atoms with van der Waals surface area (Å²) in [6, 6.07) is 9.72. The Morgan fingerprint density at radius 1 is 1.32 bits per heavy atom. The van der Waals surface area contributed by atoms with Crippen LogP contribution in [0.3, 0.4) is 0 Å². The number of hydrogen-bond acceptors (Lipinski definition) is 2. The molecule has 1 aromatic carbocycles. The summed E-state index contributed by atoms with van der Waals surface area (Å²) >= 11 is 11.6. The van der Waals surface area contributed by atoms with E-state index in [1.807, 2.05) is 41.8 Å². The van der Waals surface area contributed by atoms with E-state index in [2.05, 4.69) is 9.97 Å². The SMILES string of the molecule is Cc1cccnc1Cn1c(=S)[nH]c2cccc(Cl)c21. The van der Waals surface area contributed by atoms with Crippen molar-refractivity contribution in [2.75, 3.05) is 0 Å². The van der Waals surface area contributed by atoms with Gasteiger partial charge >= 0.3 is 0 Å². The number of aromatic nitrogens is 3. The monoisotopic (exact) mass is 289 g/mol. The number of pyridine rings is 1. The predicted octanol–water partition coefficient (Wildman–Crippen LogP) is 4.10. The molecule has 0 spiro atoms. The fourth-order valence-electron chi connectivity index (χ4n) is 2.16. The van der Waals surface area contributed by atoms with Gasteiger partial charge in [0.1, 0.15) is 0 Å². The highest BCUT2D eigenvalue weighted by Gasteiger charge is 2.09. The van der Waals surface area contributed by atoms with Gasteiger partial charge in [0, 0.05) is 6.20 Å². The lowest BCUT2D eigenvalue weighted by Gasteiger charge is -2.07. The number of hydrogen-bond donors (Lipinski definition) is 1. The quantitative estimate of drug-likeness (QED) is 0.721. The molecule has 3 aromatic rings. The topological polar surface area (TPSA) is 33.6 Å². The predicted molar refractivity (Wildman–Crippen MR) is 80.2 cm³/mol. The van der Waals surface area contributed by atoms with Gasteiger partial charge in [0.25, 0.3) is 0 Å². The van der Waals surface area contributed by atoms with Gasteiger partial charge in [0.2, 0.25) is 0 Å². The maximum atomic E-state index is 6.27. The Kier molecular flexibility index (Phi) is 3.12. The Morgan fingerprint density at radius 2 is 2.16 bits per heavy atom. The van der Waals surface area contributed by atoms with Crippen LogP contribution in [0.25, 0.3) is 11.0 Å². The third kappa shape index (κ3) is 2.17. The Bertz CT molecular complexity index is 804. The first-order chi connectivity index (χ1) is 9.16. The normalized spacial score (nSPS) is 11.1. The van der Waals surface area contributed by atoms with Crippen molar-refractivity contribution in [2.24, 2.45) is 0 Å². The summed E-state index contributed by atoms with van der Waals surface area (Å²) in [4.78, 5) is 7.58. The molecule has 0 radical (unpaired) electrons. The molecule has 19 heavy (non-hydrogen) atoms. The molecule has 96 valence electrons. The number of para-hydroxylation sites is 1. The summed E-state index contributed by atoms with van der Waals surface area (Å²) in [5, 5.41) is 0.693. The van der Waals surface area contributed by atoms with E-state index in [-0.39, 0.29) is 0 Å². The van der Waals surface area contributed by atoms with Gasteiger partial charge in [-0.2, -0.15) is 0 Å². The first kappa shape index (κ1) is 12.4. The smallest absolute Gasteiger partial charge is 0.178 e. The number of rotatable bonds is 2. The van der Waals surface area contributed by atoms with Crippen molar-refractivity contribution >= 4 is 34.9 Å². The number of imidazole rings is 1. The van der Waals surface area contributed by atoms with Gasteiger partial charge in [-0.1, -0.05) is 23.7 Å². The van der Waals surface area contributed by atoms with Gasteiger partial charge in [-0.3, -0.25) is 4.98 Å². The zero-order chi connectivity index (χ0) is 13.4. The molecular weight excluding hydrogens is 278 g/mol. The van der Waals surface area contributed by atoms with Crippen LogP contribution in [0.15, 0.2) is 36.5 Å². The van der Waals surface area contributed by atoms with Crippen molar-refractivity contribution in [3.8, 4) is 0 Å². The van der Waals surface area contributed by atoms with Crippen LogP contribution < -0.4 is 0 Å². The second-order valence-corrected chi connectivity index (χ2v) is 5.21. The number of benzene rings is 1. The van der Waals surface area contributed by atoms with Crippen molar-refractivity contribution in [1.29, 1.82) is 0 Å². The Morgan fingerprint density at radius 3 is 2.95 bits per heavy atom. The standard InChI is InChI=1S/C14H12ClN3S/c1-9-4-3-7-16-12(9)8-18-13-10(15)5-2-6-11(13)17-14(18)19/h2-7H,8H2,1H3,(H,17,19). The van der Waals surface area contributed by atoms with E-state index in [1.54, 1.807) is 6.20 Å². The van der Waals surface area contributed by atoms with E-state index in [1.165, 1.54) is 0 Å². The number of nitrogens with zero attached hydrogens (tertiary/aromatic N) is 2. The lowest BCUT2D eigenvalue weighted by atomic mass is 10.2. The summed E-state index contributed by atoms with van der Waals surface area (Å²) in [5.74, 6) is 0. The molecular formula is C14H12ClN3S. The van der Waals surface area contributed by atoms with Crippen molar-refractivity contribution in [2.45, 2.75) is 13.5 Å². The molecule has 0 aliphatic carbocycles. The maximum Gasteiger partial charge on any atom is 0.178 e. The van der Waals surface area contributed by atoms with E-state index in [0.717, 1.165) is 22.3 Å². The van der Waals surface area contributed by atoms with E-state index in [0.29, 0.717) is 16.3 Å². The number of nitrogens with one attached hydrogen (secondary N) is 1. The van der Waals surface area contributed by atoms with Crippen molar-refractivity contribution in [1.82, 2.24) is 14.5 Å². The molecule has 0 unspecified atom stereocenters. The minimum atomic E-state index is 0.620. The Hall–Kier alpha value is -1.65. The minimum absolute atomic E-state index is 0.620. The van der Waals surface area contributed by atoms with Gasteiger partial charge in [-0.25, -0.2) is 0 Å². The summed E-state index contributed by atoms with van der Waals surface area (Å²) < 4.78 is 2.65. The number of fused-ring (bicyclic) bond motifs is 1. The van der Waals surface area contributed by atoms with Crippen LogP contribution in [0, 0.1) is 11.7 Å². The fraction of sp³-hybridized carbons (Fsp3) is 0.143. The maximum absolute atomic E-state index is 6.27. The highest BCUT2D eigenvalue weighted by molar-refractivity contribution is 7.71. The largest absolute Gasteiger partial charge is 0.331 e. The Labute approximate surface area is 120 Å². The number of aromatic amines is 1. The van der Waals surface area contributed by atoms with Gasteiger partial charge in [0.05, 0.1) is 28.3 Å². The molecule has 3 rings (SSSR count). The number of H-pyrrole nitrogens is 1. The molecule has 0 fully saturated rings. The lowest BCUT2D eigenvalue weighted by molar-refractivity contribution is 0.778. The van der Waals surface area contributed by atoms with Crippen LogP contribution in [0.1, 0.15) is 11.3 Å².